The van der Waals surface area contributed by atoms with Crippen LogP contribution < -0.4 is 5.43 Å². The van der Waals surface area contributed by atoms with Crippen molar-refractivity contribution in [3.8, 4) is 0 Å². The maximum atomic E-state index is 11.3. The molecular weight excluding hydrogens is 374 g/mol. The molecule has 0 spiro atoms. The molecule has 9 heteroatoms. The Morgan fingerprint density at radius 1 is 1.00 bits per heavy atom. The lowest BCUT2D eigenvalue weighted by Gasteiger charge is -2.08. The average molecular weight is 391 g/mol. The molecule has 1 N–H and O–H groups in total. The monoisotopic (exact) mass is 391 g/mol. The van der Waals surface area contributed by atoms with Crippen LogP contribution in [0.3, 0.4) is 0 Å². The Kier molecular flexibility index (Phi) is 6.21. The van der Waals surface area contributed by atoms with Crippen LogP contribution in [0.2, 0.25) is 0 Å². The highest BCUT2D eigenvalue weighted by Gasteiger charge is 2.19. The molecule has 3 aromatic rings. The molecule has 146 valence electrons. The highest BCUT2D eigenvalue weighted by atomic mass is 16.6. The summed E-state index contributed by atoms with van der Waals surface area (Å²) in [5.41, 5.74) is 4.55. The number of aromatic nitrogens is 1. The lowest BCUT2D eigenvalue weighted by molar-refractivity contribution is -0.393. The van der Waals surface area contributed by atoms with E-state index in [1.807, 2.05) is 36.4 Å². The van der Waals surface area contributed by atoms with Crippen LogP contribution in [0.15, 0.2) is 78.2 Å². The molecule has 0 aliphatic rings. The summed E-state index contributed by atoms with van der Waals surface area (Å²) >= 11 is 0. The van der Waals surface area contributed by atoms with Crippen LogP contribution in [0.25, 0.3) is 0 Å². The van der Waals surface area contributed by atoms with Gasteiger partial charge in [0.2, 0.25) is 0 Å². The summed E-state index contributed by atoms with van der Waals surface area (Å²) in [6, 6.07) is 16.9. The number of hydrogen-bond donors (Lipinski definition) is 1. The fourth-order valence-electron chi connectivity index (χ4n) is 2.71. The highest BCUT2D eigenvalue weighted by molar-refractivity contribution is 6.00. The number of nitro benzene ring substituents is 2. The minimum atomic E-state index is -0.682. The Morgan fingerprint density at radius 2 is 1.79 bits per heavy atom. The zero-order valence-electron chi connectivity index (χ0n) is 15.3. The van der Waals surface area contributed by atoms with Crippen molar-refractivity contribution in [1.82, 2.24) is 4.98 Å². The topological polar surface area (TPSA) is 124 Å². The van der Waals surface area contributed by atoms with Gasteiger partial charge in [-0.25, -0.2) is 0 Å². The van der Waals surface area contributed by atoms with Crippen LogP contribution in [0, 0.1) is 20.2 Å². The van der Waals surface area contributed by atoms with Crippen molar-refractivity contribution in [2.45, 2.75) is 12.8 Å². The number of nitrogens with zero attached hydrogens (tertiary/aromatic N) is 4. The van der Waals surface area contributed by atoms with E-state index in [1.54, 1.807) is 18.5 Å². The van der Waals surface area contributed by atoms with Gasteiger partial charge < -0.3 is 0 Å². The molecule has 1 aromatic heterocycles. The van der Waals surface area contributed by atoms with Crippen LogP contribution in [-0.4, -0.2) is 20.5 Å². The van der Waals surface area contributed by atoms with Gasteiger partial charge in [0, 0.05) is 24.0 Å². The van der Waals surface area contributed by atoms with Crippen molar-refractivity contribution in [2.75, 3.05) is 5.43 Å². The van der Waals surface area contributed by atoms with Gasteiger partial charge in [-0.2, -0.15) is 5.10 Å². The normalized spacial score (nSPS) is 11.1. The Bertz CT molecular complexity index is 1040. The summed E-state index contributed by atoms with van der Waals surface area (Å²) in [6.07, 6.45) is 4.60. The lowest BCUT2D eigenvalue weighted by atomic mass is 10.0. The van der Waals surface area contributed by atoms with Crippen molar-refractivity contribution in [3.63, 3.8) is 0 Å². The van der Waals surface area contributed by atoms with Crippen LogP contribution in [0.4, 0.5) is 17.1 Å². The number of rotatable bonds is 8. The maximum Gasteiger partial charge on any atom is 0.301 e. The molecule has 0 bridgehead atoms. The molecule has 0 aliphatic heterocycles. The zero-order valence-corrected chi connectivity index (χ0v) is 15.3. The highest BCUT2D eigenvalue weighted by Crippen LogP contribution is 2.29. The Hall–Kier alpha value is -4.14. The number of nitrogens with one attached hydrogen (secondary N) is 1. The fraction of sp³-hybridized carbons (Fsp3) is 0.100. The van der Waals surface area contributed by atoms with E-state index in [0.29, 0.717) is 12.1 Å². The molecular formula is C20H17N5O4. The smallest absolute Gasteiger partial charge is 0.271 e. The van der Waals surface area contributed by atoms with E-state index in [1.165, 1.54) is 12.1 Å². The summed E-state index contributed by atoms with van der Waals surface area (Å²) in [5, 5.41) is 26.5. The molecule has 0 saturated carbocycles. The van der Waals surface area contributed by atoms with Gasteiger partial charge in [0.1, 0.15) is 5.69 Å². The number of hydrogen-bond acceptors (Lipinski definition) is 7. The molecule has 0 amide bonds. The van der Waals surface area contributed by atoms with Gasteiger partial charge in [-0.1, -0.05) is 36.4 Å². The summed E-state index contributed by atoms with van der Waals surface area (Å²) in [5.74, 6) is 0. The minimum absolute atomic E-state index is 0.0710. The fourth-order valence-corrected chi connectivity index (χ4v) is 2.71. The summed E-state index contributed by atoms with van der Waals surface area (Å²) in [7, 11) is 0. The molecule has 0 unspecified atom stereocenters. The second-order valence-corrected chi connectivity index (χ2v) is 6.11. The first-order valence-electron chi connectivity index (χ1n) is 8.74. The molecule has 29 heavy (non-hydrogen) atoms. The lowest BCUT2D eigenvalue weighted by Crippen LogP contribution is -2.07. The first-order chi connectivity index (χ1) is 14.0. The van der Waals surface area contributed by atoms with Crippen LogP contribution in [-0.2, 0) is 6.42 Å². The van der Waals surface area contributed by atoms with Crippen molar-refractivity contribution in [3.05, 3.63) is 104 Å². The molecule has 0 saturated heterocycles. The molecule has 1 heterocycles. The minimum Gasteiger partial charge on any atom is -0.271 e. The van der Waals surface area contributed by atoms with Crippen LogP contribution in [0.1, 0.15) is 17.5 Å². The van der Waals surface area contributed by atoms with E-state index in [-0.39, 0.29) is 11.4 Å². The third-order valence-corrected chi connectivity index (χ3v) is 4.19. The van der Waals surface area contributed by atoms with E-state index >= 15 is 0 Å². The number of nitro groups is 2. The van der Waals surface area contributed by atoms with Gasteiger partial charge in [0.15, 0.2) is 0 Å². The zero-order chi connectivity index (χ0) is 20.6. The van der Waals surface area contributed by atoms with Crippen LogP contribution in [0.5, 0.6) is 0 Å². The van der Waals surface area contributed by atoms with Gasteiger partial charge in [-0.3, -0.25) is 30.6 Å². The van der Waals surface area contributed by atoms with Gasteiger partial charge in [0.25, 0.3) is 5.69 Å². The first-order valence-corrected chi connectivity index (χ1v) is 8.74. The quantitative estimate of drug-likeness (QED) is 0.346. The van der Waals surface area contributed by atoms with Gasteiger partial charge in [0.05, 0.1) is 21.6 Å². The van der Waals surface area contributed by atoms with Crippen LogP contribution >= 0.6 is 0 Å². The standard InChI is InChI=1S/C20H17N5O4/c26-24(27)17-9-11-19(20(13-17)25(28)29)23-22-18(16-7-4-12-21-14-16)10-8-15-5-2-1-3-6-15/h1-7,9,11-14,23H,8,10H2. The second kappa shape index (κ2) is 9.18. The maximum absolute atomic E-state index is 11.3. The van der Waals surface area contributed by atoms with E-state index in [2.05, 4.69) is 15.5 Å². The number of pyridine rings is 1. The molecule has 2 aromatic carbocycles. The third-order valence-electron chi connectivity index (χ3n) is 4.19. The molecule has 0 atom stereocenters. The molecule has 0 radical (unpaired) electrons. The SMILES string of the molecule is O=[N+]([O-])c1ccc(NN=C(CCc2ccccc2)c2cccnc2)c([N+](=O)[O-])c1. The summed E-state index contributed by atoms with van der Waals surface area (Å²) in [4.78, 5) is 24.9. The van der Waals surface area contributed by atoms with Gasteiger partial charge in [-0.15, -0.1) is 0 Å². The third kappa shape index (κ3) is 5.19. The van der Waals surface area contributed by atoms with E-state index in [9.17, 15) is 20.2 Å². The first kappa shape index (κ1) is 19.6. The van der Waals surface area contributed by atoms with Crippen molar-refractivity contribution in [2.24, 2.45) is 5.10 Å². The van der Waals surface area contributed by atoms with Crippen molar-refractivity contribution in [1.29, 1.82) is 0 Å². The number of hydrazone groups is 1. The molecule has 0 fully saturated rings. The van der Waals surface area contributed by atoms with E-state index in [0.717, 1.165) is 23.6 Å². The molecule has 3 rings (SSSR count). The average Bonchev–Trinajstić information content (AvgIpc) is 2.75. The number of aryl methyl sites for hydroxylation is 1. The van der Waals surface area contributed by atoms with Crippen molar-refractivity contribution < 1.29 is 9.85 Å². The van der Waals surface area contributed by atoms with E-state index < -0.39 is 15.5 Å². The second-order valence-electron chi connectivity index (χ2n) is 6.11. The van der Waals surface area contributed by atoms with Crippen molar-refractivity contribution >= 4 is 22.8 Å². The largest absolute Gasteiger partial charge is 0.301 e. The summed E-state index contributed by atoms with van der Waals surface area (Å²) < 4.78 is 0. The Morgan fingerprint density at radius 3 is 2.45 bits per heavy atom. The van der Waals surface area contributed by atoms with Gasteiger partial charge >= 0.3 is 5.69 Å². The Labute approximate surface area is 166 Å². The number of benzene rings is 2. The molecule has 9 nitrogen and oxygen atoms in total. The Balaban J connectivity index is 1.88. The van der Waals surface area contributed by atoms with E-state index in [4.69, 9.17) is 0 Å². The summed E-state index contributed by atoms with van der Waals surface area (Å²) in [6.45, 7) is 0. The van der Waals surface area contributed by atoms with Gasteiger partial charge in [-0.05, 0) is 30.5 Å². The molecule has 0 aliphatic carbocycles. The number of anilines is 1. The number of non-ortho nitro benzene ring substituents is 1. The predicted molar refractivity (Wildman–Crippen MR) is 109 cm³/mol. The predicted octanol–water partition coefficient (Wildman–Crippen LogP) is 4.35.